The highest BCUT2D eigenvalue weighted by Gasteiger charge is 2.26. The maximum absolute atomic E-state index is 4.60. The number of thioether (sulfide) groups is 1. The summed E-state index contributed by atoms with van der Waals surface area (Å²) in [4.78, 5) is 6.66. The summed E-state index contributed by atoms with van der Waals surface area (Å²) >= 11 is 7.66. The highest BCUT2D eigenvalue weighted by molar-refractivity contribution is 9.09. The predicted molar refractivity (Wildman–Crippen MR) is 68.8 cm³/mol. The van der Waals surface area contributed by atoms with Crippen LogP contribution in [-0.4, -0.2) is 21.3 Å². The van der Waals surface area contributed by atoms with Gasteiger partial charge in [-0.15, -0.1) is 11.3 Å². The molecule has 1 aliphatic heterocycles. The average molecular weight is 292 g/mol. The molecule has 0 N–H and O–H groups in total. The van der Waals surface area contributed by atoms with Crippen molar-refractivity contribution in [2.45, 2.75) is 25.1 Å². The second-order valence-corrected chi connectivity index (χ2v) is 7.31. The van der Waals surface area contributed by atoms with Gasteiger partial charge in [0.25, 0.3) is 0 Å². The van der Waals surface area contributed by atoms with Gasteiger partial charge in [-0.1, -0.05) is 15.9 Å². The lowest BCUT2D eigenvalue weighted by Crippen LogP contribution is -2.14. The Hall–Kier alpha value is 0.460. The molecule has 0 amide bonds. The summed E-state index contributed by atoms with van der Waals surface area (Å²) in [5, 5.41) is 1.32. The Kier molecular flexibility index (Phi) is 3.55. The highest BCUT2D eigenvalue weighted by Crippen LogP contribution is 2.33. The standard InChI is InChI=1S/C10H14BrNS2/c1-6-7(2)14-10(12-6)3-8-4-13-5-9(8)11/h8-9H,3-5H2,1-2H3. The molecule has 2 rings (SSSR count). The molecule has 14 heavy (non-hydrogen) atoms. The molecule has 0 radical (unpaired) electrons. The number of hydrogen-bond acceptors (Lipinski definition) is 3. The van der Waals surface area contributed by atoms with E-state index in [2.05, 4.69) is 46.5 Å². The molecular weight excluding hydrogens is 278 g/mol. The minimum absolute atomic E-state index is 0.692. The molecule has 0 saturated carbocycles. The fraction of sp³-hybridized carbons (Fsp3) is 0.700. The molecule has 1 aromatic heterocycles. The third-order valence-electron chi connectivity index (χ3n) is 2.63. The minimum atomic E-state index is 0.692. The normalized spacial score (nSPS) is 27.1. The first-order valence-electron chi connectivity index (χ1n) is 4.81. The van der Waals surface area contributed by atoms with Crippen LogP contribution in [0.3, 0.4) is 0 Å². The summed E-state index contributed by atoms with van der Waals surface area (Å²) in [7, 11) is 0. The number of hydrogen-bond donors (Lipinski definition) is 0. The van der Waals surface area contributed by atoms with Gasteiger partial charge in [-0.2, -0.15) is 11.8 Å². The van der Waals surface area contributed by atoms with Crippen molar-refractivity contribution >= 4 is 39.0 Å². The Bertz CT molecular complexity index is 304. The van der Waals surface area contributed by atoms with Crippen LogP contribution in [0, 0.1) is 19.8 Å². The van der Waals surface area contributed by atoms with Crippen molar-refractivity contribution in [1.29, 1.82) is 0 Å². The van der Waals surface area contributed by atoms with Crippen molar-refractivity contribution in [3.05, 3.63) is 15.6 Å². The lowest BCUT2D eigenvalue weighted by atomic mass is 10.1. The third kappa shape index (κ3) is 2.34. The Balaban J connectivity index is 2.03. The van der Waals surface area contributed by atoms with Gasteiger partial charge in [0.15, 0.2) is 0 Å². The van der Waals surface area contributed by atoms with Crippen LogP contribution >= 0.6 is 39.0 Å². The molecule has 0 aliphatic carbocycles. The summed E-state index contributed by atoms with van der Waals surface area (Å²) < 4.78 is 0. The van der Waals surface area contributed by atoms with E-state index in [4.69, 9.17) is 0 Å². The van der Waals surface area contributed by atoms with Crippen LogP contribution in [0.2, 0.25) is 0 Å². The Morgan fingerprint density at radius 1 is 1.43 bits per heavy atom. The van der Waals surface area contributed by atoms with Gasteiger partial charge in [0, 0.05) is 21.9 Å². The van der Waals surface area contributed by atoms with Crippen molar-refractivity contribution in [1.82, 2.24) is 4.98 Å². The van der Waals surface area contributed by atoms with Gasteiger partial charge in [0.1, 0.15) is 0 Å². The molecule has 1 fully saturated rings. The van der Waals surface area contributed by atoms with Crippen LogP contribution in [-0.2, 0) is 6.42 Å². The first-order valence-corrected chi connectivity index (χ1v) is 7.70. The molecule has 0 spiro atoms. The van der Waals surface area contributed by atoms with Crippen LogP contribution in [0.1, 0.15) is 15.6 Å². The zero-order valence-corrected chi connectivity index (χ0v) is 11.6. The first-order chi connectivity index (χ1) is 6.66. The fourth-order valence-electron chi connectivity index (χ4n) is 1.61. The van der Waals surface area contributed by atoms with Crippen molar-refractivity contribution in [2.24, 2.45) is 5.92 Å². The van der Waals surface area contributed by atoms with Crippen LogP contribution < -0.4 is 0 Å². The average Bonchev–Trinajstić information content (AvgIpc) is 2.63. The van der Waals surface area contributed by atoms with E-state index >= 15 is 0 Å². The predicted octanol–water partition coefficient (Wildman–Crippen LogP) is 3.43. The van der Waals surface area contributed by atoms with E-state index in [1.165, 1.54) is 27.1 Å². The number of aromatic nitrogens is 1. The second kappa shape index (κ2) is 4.54. The van der Waals surface area contributed by atoms with Crippen molar-refractivity contribution < 1.29 is 0 Å². The van der Waals surface area contributed by atoms with Crippen LogP contribution in [0.5, 0.6) is 0 Å². The van der Waals surface area contributed by atoms with Crippen LogP contribution in [0.4, 0.5) is 0 Å². The molecule has 78 valence electrons. The number of alkyl halides is 1. The summed E-state index contributed by atoms with van der Waals surface area (Å²) in [6, 6.07) is 0. The lowest BCUT2D eigenvalue weighted by Gasteiger charge is -2.09. The van der Waals surface area contributed by atoms with Crippen molar-refractivity contribution in [2.75, 3.05) is 11.5 Å². The zero-order valence-electron chi connectivity index (χ0n) is 8.42. The fourth-order valence-corrected chi connectivity index (χ4v) is 5.11. The van der Waals surface area contributed by atoms with E-state index in [9.17, 15) is 0 Å². The maximum Gasteiger partial charge on any atom is 0.0934 e. The Morgan fingerprint density at radius 3 is 2.71 bits per heavy atom. The second-order valence-electron chi connectivity index (χ2n) is 3.77. The molecule has 2 heterocycles. The van der Waals surface area contributed by atoms with Gasteiger partial charge >= 0.3 is 0 Å². The van der Waals surface area contributed by atoms with Gasteiger partial charge in [-0.25, -0.2) is 4.98 Å². The van der Waals surface area contributed by atoms with E-state index in [0.717, 1.165) is 12.3 Å². The molecule has 4 heteroatoms. The van der Waals surface area contributed by atoms with Gasteiger partial charge in [-0.3, -0.25) is 0 Å². The quantitative estimate of drug-likeness (QED) is 0.775. The van der Waals surface area contributed by atoms with Gasteiger partial charge in [0.2, 0.25) is 0 Å². The summed E-state index contributed by atoms with van der Waals surface area (Å²) in [5.74, 6) is 3.33. The van der Waals surface area contributed by atoms with E-state index in [-0.39, 0.29) is 0 Å². The number of nitrogens with zero attached hydrogens (tertiary/aromatic N) is 1. The molecule has 0 bridgehead atoms. The van der Waals surface area contributed by atoms with E-state index in [0.29, 0.717) is 4.83 Å². The van der Waals surface area contributed by atoms with Crippen LogP contribution in [0.15, 0.2) is 0 Å². The molecule has 2 atom stereocenters. The summed E-state index contributed by atoms with van der Waals surface area (Å²) in [5.41, 5.74) is 1.21. The minimum Gasteiger partial charge on any atom is -0.246 e. The van der Waals surface area contributed by atoms with Crippen LogP contribution in [0.25, 0.3) is 0 Å². The van der Waals surface area contributed by atoms with Gasteiger partial charge in [-0.05, 0) is 25.5 Å². The Morgan fingerprint density at radius 2 is 2.21 bits per heavy atom. The Labute approximate surface area is 102 Å². The molecule has 0 aromatic carbocycles. The topological polar surface area (TPSA) is 12.9 Å². The molecule has 1 aliphatic rings. The SMILES string of the molecule is Cc1nc(CC2CSCC2Br)sc1C. The molecule has 1 nitrogen and oxygen atoms in total. The molecule has 1 aromatic rings. The van der Waals surface area contributed by atoms with Crippen molar-refractivity contribution in [3.63, 3.8) is 0 Å². The van der Waals surface area contributed by atoms with Crippen molar-refractivity contribution in [3.8, 4) is 0 Å². The summed E-state index contributed by atoms with van der Waals surface area (Å²) in [6.07, 6.45) is 1.16. The highest BCUT2D eigenvalue weighted by atomic mass is 79.9. The number of halogens is 1. The van der Waals surface area contributed by atoms with Gasteiger partial charge in [0.05, 0.1) is 10.7 Å². The zero-order chi connectivity index (χ0) is 10.1. The summed E-state index contributed by atoms with van der Waals surface area (Å²) in [6.45, 7) is 4.26. The number of aryl methyl sites for hydroxylation is 2. The molecular formula is C10H14BrNS2. The first kappa shape index (κ1) is 11.0. The van der Waals surface area contributed by atoms with E-state index in [1.54, 1.807) is 0 Å². The molecule has 1 saturated heterocycles. The largest absolute Gasteiger partial charge is 0.246 e. The van der Waals surface area contributed by atoms with Gasteiger partial charge < -0.3 is 0 Å². The molecule has 2 unspecified atom stereocenters. The maximum atomic E-state index is 4.60. The monoisotopic (exact) mass is 291 g/mol. The number of rotatable bonds is 2. The number of thiazole rings is 1. The van der Waals surface area contributed by atoms with E-state index in [1.807, 2.05) is 11.3 Å². The van der Waals surface area contributed by atoms with E-state index < -0.39 is 0 Å². The lowest BCUT2D eigenvalue weighted by molar-refractivity contribution is 0.613. The third-order valence-corrected chi connectivity index (χ3v) is 6.48. The smallest absolute Gasteiger partial charge is 0.0934 e.